The molecule has 49 heavy (non-hydrogen) atoms. The van der Waals surface area contributed by atoms with Crippen LogP contribution in [0.2, 0.25) is 0 Å². The standard InChI is InChI=1S/C43H25N5O/c1-3-10-26(11-4-1)38-39(27-12-5-2-6-13-27)48-42-34(16-8-23-45-42)30-20-18-28(24-36(30)43(48)46-38)49-29-19-21-31-32-14-7-15-33-35-17-9-22-44-41(35)47(40(32)33)37(31)25-29/h1-25H. The molecule has 0 spiro atoms. The fraction of sp³-hybridized carbons (Fsp3) is 0. The molecule has 0 bridgehead atoms. The molecule has 0 aliphatic rings. The molecule has 6 nitrogen and oxygen atoms in total. The van der Waals surface area contributed by atoms with E-state index in [4.69, 9.17) is 19.7 Å². The Hall–Kier alpha value is -6.79. The molecule has 6 heteroatoms. The van der Waals surface area contributed by atoms with Crippen LogP contribution in [0, 0.1) is 0 Å². The van der Waals surface area contributed by atoms with Crippen molar-refractivity contribution in [2.75, 3.05) is 0 Å². The van der Waals surface area contributed by atoms with E-state index in [2.05, 4.69) is 118 Å². The third-order valence-electron chi connectivity index (χ3n) is 9.78. The molecule has 0 saturated carbocycles. The number of ether oxygens (including phenoxy) is 1. The average Bonchev–Trinajstić information content (AvgIpc) is 3.84. The van der Waals surface area contributed by atoms with Crippen molar-refractivity contribution < 1.29 is 4.74 Å². The molecule has 0 fully saturated rings. The molecule has 11 rings (SSSR count). The number of benzene rings is 5. The van der Waals surface area contributed by atoms with E-state index in [1.165, 1.54) is 21.7 Å². The lowest BCUT2D eigenvalue weighted by molar-refractivity contribution is 0.484. The molecule has 0 aliphatic heterocycles. The van der Waals surface area contributed by atoms with Crippen molar-refractivity contribution in [1.82, 2.24) is 23.8 Å². The van der Waals surface area contributed by atoms with Gasteiger partial charge in [-0.05, 0) is 60.0 Å². The highest BCUT2D eigenvalue weighted by Crippen LogP contribution is 2.42. The molecule has 11 aromatic rings. The van der Waals surface area contributed by atoms with Crippen LogP contribution >= 0.6 is 0 Å². The monoisotopic (exact) mass is 627 g/mol. The van der Waals surface area contributed by atoms with Crippen molar-refractivity contribution >= 4 is 65.7 Å². The topological polar surface area (TPSA) is 56.7 Å². The molecule has 5 aromatic carbocycles. The molecular formula is C43H25N5O. The lowest BCUT2D eigenvalue weighted by atomic mass is 10.0. The van der Waals surface area contributed by atoms with Crippen LogP contribution in [0.3, 0.4) is 0 Å². The first-order valence-corrected chi connectivity index (χ1v) is 16.4. The van der Waals surface area contributed by atoms with E-state index in [1.54, 1.807) is 0 Å². The Kier molecular flexibility index (Phi) is 5.29. The molecule has 228 valence electrons. The average molecular weight is 628 g/mol. The van der Waals surface area contributed by atoms with Gasteiger partial charge < -0.3 is 4.74 Å². The molecule has 0 aliphatic carbocycles. The second-order valence-corrected chi connectivity index (χ2v) is 12.5. The fourth-order valence-electron chi connectivity index (χ4n) is 7.73. The summed E-state index contributed by atoms with van der Waals surface area (Å²) in [5.41, 5.74) is 8.97. The Morgan fingerprint density at radius 1 is 0.429 bits per heavy atom. The molecular weight excluding hydrogens is 603 g/mol. The lowest BCUT2D eigenvalue weighted by Gasteiger charge is -2.12. The van der Waals surface area contributed by atoms with E-state index < -0.39 is 0 Å². The number of imidazole rings is 1. The van der Waals surface area contributed by atoms with Gasteiger partial charge in [-0.2, -0.15) is 0 Å². The van der Waals surface area contributed by atoms with Gasteiger partial charge in [0.15, 0.2) is 0 Å². The van der Waals surface area contributed by atoms with Crippen LogP contribution in [0.5, 0.6) is 11.5 Å². The van der Waals surface area contributed by atoms with Gasteiger partial charge in [-0.3, -0.25) is 8.80 Å². The first-order chi connectivity index (χ1) is 24.3. The van der Waals surface area contributed by atoms with Crippen molar-refractivity contribution in [3.8, 4) is 34.0 Å². The molecule has 0 radical (unpaired) electrons. The van der Waals surface area contributed by atoms with Crippen molar-refractivity contribution in [3.63, 3.8) is 0 Å². The number of rotatable bonds is 4. The Morgan fingerprint density at radius 2 is 1.04 bits per heavy atom. The molecule has 6 heterocycles. The minimum absolute atomic E-state index is 0.735. The number of nitrogens with zero attached hydrogens (tertiary/aromatic N) is 5. The van der Waals surface area contributed by atoms with Gasteiger partial charge in [-0.15, -0.1) is 0 Å². The predicted octanol–water partition coefficient (Wildman–Crippen LogP) is 10.7. The summed E-state index contributed by atoms with van der Waals surface area (Å²) in [6.45, 7) is 0. The zero-order valence-corrected chi connectivity index (χ0v) is 26.1. The zero-order valence-electron chi connectivity index (χ0n) is 26.1. The smallest absolute Gasteiger partial charge is 0.147 e. The van der Waals surface area contributed by atoms with E-state index in [9.17, 15) is 0 Å². The van der Waals surface area contributed by atoms with Gasteiger partial charge in [0.25, 0.3) is 0 Å². The minimum atomic E-state index is 0.735. The van der Waals surface area contributed by atoms with Gasteiger partial charge in [0.2, 0.25) is 0 Å². The van der Waals surface area contributed by atoms with Crippen LogP contribution in [-0.2, 0) is 0 Å². The number of fused-ring (bicyclic) bond motifs is 12. The third-order valence-corrected chi connectivity index (χ3v) is 9.78. The van der Waals surface area contributed by atoms with Crippen LogP contribution in [0.4, 0.5) is 0 Å². The lowest BCUT2D eigenvalue weighted by Crippen LogP contribution is -1.96. The van der Waals surface area contributed by atoms with Gasteiger partial charge in [0, 0.05) is 61.9 Å². The van der Waals surface area contributed by atoms with Gasteiger partial charge in [0.05, 0.1) is 22.4 Å². The number of hydrogen-bond donors (Lipinski definition) is 0. The van der Waals surface area contributed by atoms with Crippen LogP contribution in [0.1, 0.15) is 0 Å². The van der Waals surface area contributed by atoms with E-state index in [0.717, 1.165) is 78.0 Å². The molecule has 6 aromatic heterocycles. The minimum Gasteiger partial charge on any atom is -0.457 e. The molecule has 0 unspecified atom stereocenters. The number of hydrogen-bond acceptors (Lipinski definition) is 4. The van der Waals surface area contributed by atoms with Crippen LogP contribution < -0.4 is 4.74 Å². The SMILES string of the molecule is c1ccc(-c2nc3c4cc(Oc5ccc6c7cccc8c9cccnc9n(c6c5)c78)ccc4c4cccnc4n3c2-c2ccccc2)cc1. The van der Waals surface area contributed by atoms with Gasteiger partial charge in [-0.25, -0.2) is 15.0 Å². The second kappa shape index (κ2) is 9.86. The van der Waals surface area contributed by atoms with Crippen LogP contribution in [-0.4, -0.2) is 23.8 Å². The summed E-state index contributed by atoms with van der Waals surface area (Å²) in [5.74, 6) is 1.49. The predicted molar refractivity (Wildman–Crippen MR) is 198 cm³/mol. The molecule has 0 N–H and O–H groups in total. The van der Waals surface area contributed by atoms with Crippen molar-refractivity contribution in [3.05, 3.63) is 152 Å². The highest BCUT2D eigenvalue weighted by atomic mass is 16.5. The van der Waals surface area contributed by atoms with Crippen molar-refractivity contribution in [1.29, 1.82) is 0 Å². The Balaban J connectivity index is 1.14. The fourth-order valence-corrected chi connectivity index (χ4v) is 7.73. The number of pyridine rings is 3. The Bertz CT molecular complexity index is 3070. The van der Waals surface area contributed by atoms with Crippen molar-refractivity contribution in [2.45, 2.75) is 0 Å². The third kappa shape index (κ3) is 3.68. The highest BCUT2D eigenvalue weighted by Gasteiger charge is 2.22. The van der Waals surface area contributed by atoms with E-state index >= 15 is 0 Å². The maximum atomic E-state index is 6.68. The first kappa shape index (κ1) is 26.3. The summed E-state index contributed by atoms with van der Waals surface area (Å²) in [4.78, 5) is 15.1. The molecule has 0 amide bonds. The largest absolute Gasteiger partial charge is 0.457 e. The van der Waals surface area contributed by atoms with Gasteiger partial charge >= 0.3 is 0 Å². The summed E-state index contributed by atoms with van der Waals surface area (Å²) in [6, 6.07) is 48.2. The molecule has 0 saturated heterocycles. The maximum Gasteiger partial charge on any atom is 0.147 e. The van der Waals surface area contributed by atoms with E-state index in [-0.39, 0.29) is 0 Å². The summed E-state index contributed by atoms with van der Waals surface area (Å²) < 4.78 is 11.2. The highest BCUT2D eigenvalue weighted by molar-refractivity contribution is 6.22. The quantitative estimate of drug-likeness (QED) is 0.182. The number of aromatic nitrogens is 5. The first-order valence-electron chi connectivity index (χ1n) is 16.4. The summed E-state index contributed by atoms with van der Waals surface area (Å²) in [7, 11) is 0. The zero-order chi connectivity index (χ0) is 32.1. The summed E-state index contributed by atoms with van der Waals surface area (Å²) in [6.07, 6.45) is 3.71. The Labute approximate surface area is 279 Å². The second-order valence-electron chi connectivity index (χ2n) is 12.5. The van der Waals surface area contributed by atoms with Gasteiger partial charge in [-0.1, -0.05) is 78.9 Å². The molecule has 0 atom stereocenters. The van der Waals surface area contributed by atoms with Crippen LogP contribution in [0.25, 0.3) is 88.2 Å². The normalized spacial score (nSPS) is 12.1. The van der Waals surface area contributed by atoms with Crippen LogP contribution in [0.15, 0.2) is 152 Å². The maximum absolute atomic E-state index is 6.68. The van der Waals surface area contributed by atoms with Crippen molar-refractivity contribution in [2.24, 2.45) is 0 Å². The van der Waals surface area contributed by atoms with E-state index in [0.29, 0.717) is 0 Å². The summed E-state index contributed by atoms with van der Waals surface area (Å²) >= 11 is 0. The van der Waals surface area contributed by atoms with E-state index in [1.807, 2.05) is 42.7 Å². The van der Waals surface area contributed by atoms with Gasteiger partial charge in [0.1, 0.15) is 28.4 Å². The summed E-state index contributed by atoms with van der Waals surface area (Å²) in [5, 5.41) is 7.88. The Morgan fingerprint density at radius 3 is 1.80 bits per heavy atom. The number of para-hydroxylation sites is 1.